The predicted octanol–water partition coefficient (Wildman–Crippen LogP) is 3.50. The Kier molecular flexibility index (Phi) is 13.4. The summed E-state index contributed by atoms with van der Waals surface area (Å²) in [5.41, 5.74) is -1.65. The standard InChI is InChI=1S/C35H56NO10.W/c1-12-26-35(9)24(14-27(37)46-35)21(5)28(38)19(3)15-34(8)31(45-33-29(39)25(36(10)11)13-20(4)43-33)22(6)30(23(7)32(40)44-26)41-16-18(2)17-42-34;/h14,19-26,29-31,33,39H,2,12-13,15-17H2,1,3-11H3;/q-1;/t19-,20-,21-,22+,23-,24-,25+,26-,29-,30+,31-,33+,34-,35+;/m1./s1. The van der Waals surface area contributed by atoms with Crippen molar-refractivity contribution in [1.82, 2.24) is 4.90 Å². The molecule has 0 aromatic rings. The Bertz CT molecular complexity index is 1150. The summed E-state index contributed by atoms with van der Waals surface area (Å²) >= 11 is 0. The van der Waals surface area contributed by atoms with Gasteiger partial charge < -0.3 is 38.4 Å². The Morgan fingerprint density at radius 2 is 1.72 bits per heavy atom. The summed E-state index contributed by atoms with van der Waals surface area (Å²) < 4.78 is 38.0. The van der Waals surface area contributed by atoms with Gasteiger partial charge in [-0.05, 0) is 72.5 Å². The van der Waals surface area contributed by atoms with Crippen LogP contribution in [0.15, 0.2) is 12.2 Å². The van der Waals surface area contributed by atoms with Gasteiger partial charge in [0.2, 0.25) is 0 Å². The van der Waals surface area contributed by atoms with Gasteiger partial charge in [0, 0.05) is 38.9 Å². The fraction of sp³-hybridized carbons (Fsp3) is 0.829. The van der Waals surface area contributed by atoms with Gasteiger partial charge in [-0.1, -0.05) is 40.2 Å². The van der Waals surface area contributed by atoms with Gasteiger partial charge in [-0.3, -0.25) is 20.8 Å². The molecule has 0 unspecified atom stereocenters. The third-order valence-corrected chi connectivity index (χ3v) is 10.9. The van der Waals surface area contributed by atoms with E-state index in [9.17, 15) is 19.5 Å². The molecule has 0 spiro atoms. The second-order valence-electron chi connectivity index (χ2n) is 14.8. The second-order valence-corrected chi connectivity index (χ2v) is 14.8. The van der Waals surface area contributed by atoms with Gasteiger partial charge in [-0.2, -0.15) is 0 Å². The van der Waals surface area contributed by atoms with Crippen LogP contribution in [0.3, 0.4) is 0 Å². The molecule has 14 atom stereocenters. The number of cyclic esters (lactones) is 1. The summed E-state index contributed by atoms with van der Waals surface area (Å²) in [4.78, 5) is 42.8. The van der Waals surface area contributed by atoms with Crippen LogP contribution in [-0.4, -0.2) is 109 Å². The number of hydrogen-bond acceptors (Lipinski definition) is 11. The number of rotatable bonds is 4. The molecule has 0 amide bonds. The van der Waals surface area contributed by atoms with Crippen LogP contribution < -0.4 is 0 Å². The largest absolute Gasteiger partial charge is 0.480 e. The molecule has 4 aliphatic rings. The van der Waals surface area contributed by atoms with Crippen LogP contribution in [0.1, 0.15) is 74.7 Å². The van der Waals surface area contributed by atoms with E-state index in [1.165, 1.54) is 6.42 Å². The van der Waals surface area contributed by atoms with Gasteiger partial charge in [-0.25, -0.2) is 0 Å². The molecule has 2 bridgehead atoms. The van der Waals surface area contributed by atoms with E-state index in [4.69, 9.17) is 28.4 Å². The molecule has 0 saturated carbocycles. The van der Waals surface area contributed by atoms with E-state index in [0.717, 1.165) is 0 Å². The van der Waals surface area contributed by atoms with Gasteiger partial charge in [-0.15, -0.1) is 0 Å². The molecule has 11 nitrogen and oxygen atoms in total. The molecule has 1 N–H and O–H groups in total. The van der Waals surface area contributed by atoms with Crippen LogP contribution >= 0.6 is 0 Å². The van der Waals surface area contributed by atoms with E-state index < -0.39 is 83.4 Å². The maximum Gasteiger partial charge on any atom is 0.311 e. The first-order valence-corrected chi connectivity index (χ1v) is 16.8. The van der Waals surface area contributed by atoms with Crippen molar-refractivity contribution in [3.05, 3.63) is 18.6 Å². The van der Waals surface area contributed by atoms with E-state index in [2.05, 4.69) is 6.58 Å². The zero-order chi connectivity index (χ0) is 34.3. The normalized spacial score (nSPS) is 45.4. The SMILES string of the molecule is C=C1CO[C@H]2[C@H](C)[C@@H](O[C@@H]3O[C@H](C)C[C@H](N(C)C)[C@H]3O)[C@@](C)(C[C@@H](C)C(=O)[C@H](C)[C@H]3[CH-]C(=O)O[C@]3(C)[C@@H](CC)OC(=O)[C@@H]2C)OC1.[W]. The van der Waals surface area contributed by atoms with Gasteiger partial charge in [0.25, 0.3) is 0 Å². The zero-order valence-electron chi connectivity index (χ0n) is 29.7. The molecule has 0 aromatic heterocycles. The molecule has 0 radical (unpaired) electrons. The number of ketones is 1. The van der Waals surface area contributed by atoms with Crippen LogP contribution in [0.4, 0.5) is 0 Å². The zero-order valence-corrected chi connectivity index (χ0v) is 32.7. The number of ether oxygens (including phenoxy) is 6. The topological polar surface area (TPSA) is 130 Å². The number of esters is 2. The number of carbonyl (C=O) groups excluding carboxylic acids is 3. The number of Topliss-reactive ketones (excluding diaryl/α,β-unsaturated/α-hetero) is 1. The second kappa shape index (κ2) is 15.7. The monoisotopic (exact) mass is 834 g/mol. The number of likely N-dealkylation sites (N-methyl/N-ethyl adjacent to an activating group) is 1. The Morgan fingerprint density at radius 3 is 2.34 bits per heavy atom. The number of hydrogen-bond donors (Lipinski definition) is 1. The van der Waals surface area contributed by atoms with Crippen LogP contribution in [0, 0.1) is 36.0 Å². The minimum atomic E-state index is -1.22. The summed E-state index contributed by atoms with van der Waals surface area (Å²) in [5.74, 6) is -4.13. The van der Waals surface area contributed by atoms with E-state index in [1.54, 1.807) is 20.8 Å². The van der Waals surface area contributed by atoms with Crippen molar-refractivity contribution >= 4 is 17.7 Å². The van der Waals surface area contributed by atoms with Crippen LogP contribution in [-0.2, 0) is 63.9 Å². The smallest absolute Gasteiger partial charge is 0.311 e. The summed E-state index contributed by atoms with van der Waals surface area (Å²) in [6, 6.07) is -0.208. The molecule has 0 aromatic carbocycles. The molecule has 12 heteroatoms. The number of fused-ring (bicyclic) bond motifs is 4. The average molecular weight is 835 g/mol. The minimum absolute atomic E-state index is 0. The first kappa shape index (κ1) is 40.1. The summed E-state index contributed by atoms with van der Waals surface area (Å²) in [6.45, 7) is 19.2. The van der Waals surface area contributed by atoms with Crippen molar-refractivity contribution < 1.29 is 69.0 Å². The number of nitrogens with zero attached hydrogens (tertiary/aromatic N) is 1. The number of carbonyl (C=O) groups is 3. The third kappa shape index (κ3) is 8.19. The Labute approximate surface area is 295 Å². The van der Waals surface area contributed by atoms with Crippen LogP contribution in [0.5, 0.6) is 0 Å². The van der Waals surface area contributed by atoms with Crippen molar-refractivity contribution in [2.45, 2.75) is 129 Å². The number of aliphatic hydroxyl groups excluding tert-OH is 1. The van der Waals surface area contributed by atoms with Crippen molar-refractivity contribution in [3.8, 4) is 0 Å². The molecule has 0 aliphatic carbocycles. The quantitative estimate of drug-likeness (QED) is 0.254. The van der Waals surface area contributed by atoms with E-state index in [-0.39, 0.29) is 58.6 Å². The van der Waals surface area contributed by atoms with Gasteiger partial charge in [0.15, 0.2) is 12.3 Å². The predicted molar refractivity (Wildman–Crippen MR) is 169 cm³/mol. The van der Waals surface area contributed by atoms with E-state index in [0.29, 0.717) is 18.4 Å². The van der Waals surface area contributed by atoms with Gasteiger partial charge in [0.1, 0.15) is 23.6 Å². The number of aliphatic hydroxyl groups is 1. The maximum absolute atomic E-state index is 14.2. The van der Waals surface area contributed by atoms with Crippen molar-refractivity contribution in [3.63, 3.8) is 0 Å². The maximum atomic E-state index is 14.2. The fourth-order valence-electron chi connectivity index (χ4n) is 8.20. The van der Waals surface area contributed by atoms with Gasteiger partial charge >= 0.3 is 5.97 Å². The van der Waals surface area contributed by atoms with Crippen molar-refractivity contribution in [2.75, 3.05) is 27.3 Å². The molecule has 4 saturated heterocycles. The van der Waals surface area contributed by atoms with Crippen molar-refractivity contribution in [1.29, 1.82) is 0 Å². The Morgan fingerprint density at radius 1 is 1.06 bits per heavy atom. The van der Waals surface area contributed by atoms with Crippen LogP contribution in [0.25, 0.3) is 0 Å². The van der Waals surface area contributed by atoms with E-state index >= 15 is 0 Å². The molecule has 268 valence electrons. The molecule has 47 heavy (non-hydrogen) atoms. The Balaban J connectivity index is 0.00000600. The first-order valence-electron chi connectivity index (χ1n) is 16.8. The average Bonchev–Trinajstić information content (AvgIpc) is 3.32. The molecule has 4 rings (SSSR count). The molecular formula is C35H56NO10W-. The van der Waals surface area contributed by atoms with Gasteiger partial charge in [0.05, 0.1) is 43.0 Å². The molecular weight excluding hydrogens is 778 g/mol. The molecule has 4 fully saturated rings. The summed E-state index contributed by atoms with van der Waals surface area (Å²) in [7, 11) is 3.82. The molecule has 4 aliphatic heterocycles. The molecule has 4 heterocycles. The van der Waals surface area contributed by atoms with Crippen LogP contribution in [0.2, 0.25) is 0 Å². The minimum Gasteiger partial charge on any atom is -0.480 e. The summed E-state index contributed by atoms with van der Waals surface area (Å²) in [5, 5.41) is 11.5. The van der Waals surface area contributed by atoms with E-state index in [1.807, 2.05) is 53.6 Å². The summed E-state index contributed by atoms with van der Waals surface area (Å²) in [6.07, 6.45) is -1.73. The van der Waals surface area contributed by atoms with Crippen molar-refractivity contribution in [2.24, 2.45) is 29.6 Å². The fourth-order valence-corrected chi connectivity index (χ4v) is 8.20. The first-order chi connectivity index (χ1) is 21.4. The Hall–Kier alpha value is -1.33. The third-order valence-electron chi connectivity index (χ3n) is 10.9.